The number of likely N-dealkylation sites (tertiary alicyclic amines) is 1. The predicted molar refractivity (Wildman–Crippen MR) is 101 cm³/mol. The number of aromatic nitrogens is 1. The van der Waals surface area contributed by atoms with Gasteiger partial charge in [-0.2, -0.15) is 0 Å². The number of amides is 1. The van der Waals surface area contributed by atoms with Crippen molar-refractivity contribution >= 4 is 5.91 Å². The van der Waals surface area contributed by atoms with E-state index in [0.717, 1.165) is 64.4 Å². The summed E-state index contributed by atoms with van der Waals surface area (Å²) in [6, 6.07) is 5.58. The molecule has 0 aliphatic carbocycles. The maximum absolute atomic E-state index is 12.6. The van der Waals surface area contributed by atoms with Crippen LogP contribution in [0.15, 0.2) is 18.2 Å². The van der Waals surface area contributed by atoms with E-state index in [1.165, 1.54) is 0 Å². The van der Waals surface area contributed by atoms with Crippen molar-refractivity contribution in [2.24, 2.45) is 11.8 Å². The maximum atomic E-state index is 12.6. The summed E-state index contributed by atoms with van der Waals surface area (Å²) in [7, 11) is 0. The van der Waals surface area contributed by atoms with Gasteiger partial charge in [0, 0.05) is 38.7 Å². The van der Waals surface area contributed by atoms with Crippen LogP contribution in [0.4, 0.5) is 0 Å². The number of nitrogens with zero attached hydrogens (tertiary/aromatic N) is 2. The molecule has 1 atom stereocenters. The molecule has 0 saturated carbocycles. The third-order valence-corrected chi connectivity index (χ3v) is 6.22. The molecule has 0 N–H and O–H groups in total. The molecule has 3 fully saturated rings. The first-order chi connectivity index (χ1) is 13.2. The Kier molecular flexibility index (Phi) is 5.76. The summed E-state index contributed by atoms with van der Waals surface area (Å²) in [4.78, 5) is 18.9. The molecule has 4 rings (SSSR count). The minimum atomic E-state index is -0.165. The summed E-state index contributed by atoms with van der Waals surface area (Å²) in [6.07, 6.45) is 4.29. The van der Waals surface area contributed by atoms with Crippen molar-refractivity contribution in [3.05, 3.63) is 29.6 Å². The molecule has 4 heterocycles. The molecule has 1 amide bonds. The molecular weight excluding hydrogens is 344 g/mol. The average molecular weight is 374 g/mol. The number of hydrogen-bond donors (Lipinski definition) is 0. The maximum Gasteiger partial charge on any atom is 0.272 e. The summed E-state index contributed by atoms with van der Waals surface area (Å²) in [5, 5.41) is 0. The lowest BCUT2D eigenvalue weighted by molar-refractivity contribution is -0.121. The van der Waals surface area contributed by atoms with E-state index in [-0.39, 0.29) is 11.5 Å². The number of aryl methyl sites for hydroxylation is 1. The summed E-state index contributed by atoms with van der Waals surface area (Å²) in [5.74, 6) is 1.13. The first kappa shape index (κ1) is 18.8. The first-order valence-electron chi connectivity index (χ1n) is 10.2. The van der Waals surface area contributed by atoms with Gasteiger partial charge in [0.25, 0.3) is 5.91 Å². The Labute approximate surface area is 161 Å². The van der Waals surface area contributed by atoms with Crippen molar-refractivity contribution in [3.8, 4) is 0 Å². The standard InChI is InChI=1S/C21H30N2O4/c1-16-3-2-4-19(22-16)20(24)23-14-21(15-23)18(8-12-27-21)7-11-26-13-17-5-9-25-10-6-17/h2-4,17-18H,5-15H2,1H3/t18-/m1/s1. The fraction of sp³-hybridized carbons (Fsp3) is 0.714. The first-order valence-corrected chi connectivity index (χ1v) is 10.2. The Morgan fingerprint density at radius 3 is 2.85 bits per heavy atom. The Morgan fingerprint density at radius 2 is 2.07 bits per heavy atom. The zero-order valence-corrected chi connectivity index (χ0v) is 16.2. The summed E-state index contributed by atoms with van der Waals surface area (Å²) in [5.41, 5.74) is 1.23. The second-order valence-corrected chi connectivity index (χ2v) is 8.14. The van der Waals surface area contributed by atoms with Crippen LogP contribution in [0, 0.1) is 18.8 Å². The third-order valence-electron chi connectivity index (χ3n) is 6.22. The number of hydrogen-bond acceptors (Lipinski definition) is 5. The van der Waals surface area contributed by atoms with Crippen LogP contribution < -0.4 is 0 Å². The Morgan fingerprint density at radius 1 is 1.26 bits per heavy atom. The van der Waals surface area contributed by atoms with Gasteiger partial charge in [0.1, 0.15) is 11.3 Å². The van der Waals surface area contributed by atoms with Gasteiger partial charge < -0.3 is 19.1 Å². The molecule has 0 unspecified atom stereocenters. The van der Waals surface area contributed by atoms with Crippen molar-refractivity contribution < 1.29 is 19.0 Å². The fourth-order valence-corrected chi connectivity index (χ4v) is 4.50. The van der Waals surface area contributed by atoms with E-state index in [2.05, 4.69) is 4.98 Å². The highest BCUT2D eigenvalue weighted by Gasteiger charge is 2.54. The van der Waals surface area contributed by atoms with Crippen LogP contribution in [0.3, 0.4) is 0 Å². The minimum Gasteiger partial charge on any atom is -0.381 e. The van der Waals surface area contributed by atoms with E-state index in [0.29, 0.717) is 30.6 Å². The van der Waals surface area contributed by atoms with E-state index in [9.17, 15) is 4.79 Å². The lowest BCUT2D eigenvalue weighted by atomic mass is 9.79. The predicted octanol–water partition coefficient (Wildman–Crippen LogP) is 2.45. The monoisotopic (exact) mass is 374 g/mol. The zero-order chi connectivity index (χ0) is 18.7. The third kappa shape index (κ3) is 4.18. The number of carbonyl (C=O) groups excluding carboxylic acids is 1. The minimum absolute atomic E-state index is 0.00865. The Balaban J connectivity index is 1.23. The van der Waals surface area contributed by atoms with Crippen molar-refractivity contribution in [2.75, 3.05) is 46.1 Å². The molecular formula is C21H30N2O4. The van der Waals surface area contributed by atoms with Gasteiger partial charge in [-0.25, -0.2) is 4.98 Å². The molecule has 148 valence electrons. The molecule has 0 aromatic carbocycles. The summed E-state index contributed by atoms with van der Waals surface area (Å²) < 4.78 is 17.4. The summed E-state index contributed by atoms with van der Waals surface area (Å²) >= 11 is 0. The smallest absolute Gasteiger partial charge is 0.272 e. The van der Waals surface area contributed by atoms with E-state index < -0.39 is 0 Å². The van der Waals surface area contributed by atoms with Crippen molar-refractivity contribution in [2.45, 2.75) is 38.2 Å². The van der Waals surface area contributed by atoms with Crippen LogP contribution >= 0.6 is 0 Å². The highest BCUT2D eigenvalue weighted by atomic mass is 16.5. The number of pyridine rings is 1. The normalized spacial score (nSPS) is 24.9. The van der Waals surface area contributed by atoms with Crippen molar-refractivity contribution in [1.82, 2.24) is 9.88 Å². The SMILES string of the molecule is Cc1cccc(C(=O)N2CC3(C2)OCC[C@H]3CCOCC2CCOCC2)n1. The molecule has 1 aromatic heterocycles. The van der Waals surface area contributed by atoms with Crippen molar-refractivity contribution in [1.29, 1.82) is 0 Å². The van der Waals surface area contributed by atoms with Gasteiger partial charge in [-0.15, -0.1) is 0 Å². The van der Waals surface area contributed by atoms with E-state index >= 15 is 0 Å². The number of ether oxygens (including phenoxy) is 3. The molecule has 0 bridgehead atoms. The largest absolute Gasteiger partial charge is 0.381 e. The van der Waals surface area contributed by atoms with Crippen LogP contribution in [0.1, 0.15) is 41.9 Å². The highest BCUT2D eigenvalue weighted by Crippen LogP contribution is 2.42. The lowest BCUT2D eigenvalue weighted by Gasteiger charge is -2.50. The van der Waals surface area contributed by atoms with Gasteiger partial charge in [-0.3, -0.25) is 4.79 Å². The molecule has 1 spiro atoms. The van der Waals surface area contributed by atoms with E-state index in [4.69, 9.17) is 14.2 Å². The number of rotatable bonds is 6. The molecule has 27 heavy (non-hydrogen) atoms. The fourth-order valence-electron chi connectivity index (χ4n) is 4.50. The molecule has 3 aliphatic rings. The molecule has 1 aromatic rings. The number of carbonyl (C=O) groups is 1. The Bertz CT molecular complexity index is 653. The molecule has 0 radical (unpaired) electrons. The molecule has 3 saturated heterocycles. The lowest BCUT2D eigenvalue weighted by Crippen LogP contribution is -2.66. The van der Waals surface area contributed by atoms with Gasteiger partial charge in [-0.1, -0.05) is 6.07 Å². The van der Waals surface area contributed by atoms with E-state index in [1.807, 2.05) is 24.0 Å². The van der Waals surface area contributed by atoms with Crippen molar-refractivity contribution in [3.63, 3.8) is 0 Å². The van der Waals surface area contributed by atoms with E-state index in [1.54, 1.807) is 6.07 Å². The van der Waals surface area contributed by atoms with Gasteiger partial charge in [0.15, 0.2) is 0 Å². The van der Waals surface area contributed by atoms with Gasteiger partial charge in [-0.05, 0) is 56.6 Å². The molecule has 6 heteroatoms. The molecule has 3 aliphatic heterocycles. The quantitative estimate of drug-likeness (QED) is 0.716. The summed E-state index contributed by atoms with van der Waals surface area (Å²) in [6.45, 7) is 7.40. The topological polar surface area (TPSA) is 60.9 Å². The van der Waals surface area contributed by atoms with Crippen LogP contribution in [0.5, 0.6) is 0 Å². The van der Waals surface area contributed by atoms with Crippen LogP contribution in [0.25, 0.3) is 0 Å². The highest BCUT2D eigenvalue weighted by molar-refractivity contribution is 5.93. The second-order valence-electron chi connectivity index (χ2n) is 8.14. The van der Waals surface area contributed by atoms with Crippen LogP contribution in [-0.4, -0.2) is 67.5 Å². The van der Waals surface area contributed by atoms with Crippen LogP contribution in [-0.2, 0) is 14.2 Å². The van der Waals surface area contributed by atoms with Gasteiger partial charge in [0.05, 0.1) is 13.1 Å². The molecule has 6 nitrogen and oxygen atoms in total. The second kappa shape index (κ2) is 8.25. The van der Waals surface area contributed by atoms with Gasteiger partial charge in [0.2, 0.25) is 0 Å². The zero-order valence-electron chi connectivity index (χ0n) is 16.2. The average Bonchev–Trinajstić information content (AvgIpc) is 3.08. The van der Waals surface area contributed by atoms with Crippen LogP contribution in [0.2, 0.25) is 0 Å². The van der Waals surface area contributed by atoms with Gasteiger partial charge >= 0.3 is 0 Å². The Hall–Kier alpha value is -1.50.